The summed E-state index contributed by atoms with van der Waals surface area (Å²) in [5.74, 6) is 1.59. The first kappa shape index (κ1) is 11.9. The largest absolute Gasteiger partial charge is 0.379 e. The van der Waals surface area contributed by atoms with E-state index >= 15 is 0 Å². The van der Waals surface area contributed by atoms with Crippen LogP contribution < -0.4 is 0 Å². The van der Waals surface area contributed by atoms with Crippen LogP contribution in [0.5, 0.6) is 0 Å². The standard InChI is InChI=1S/C10H19NO2S/c1-2-9-7-10(12)11(8-9)3-4-13-5-6-14/h9,14H,2-8H2,1H3. The fourth-order valence-electron chi connectivity index (χ4n) is 1.68. The second-order valence-electron chi connectivity index (χ2n) is 3.65. The summed E-state index contributed by atoms with van der Waals surface area (Å²) in [6.45, 7) is 5.10. The molecule has 3 nitrogen and oxygen atoms in total. The summed E-state index contributed by atoms with van der Waals surface area (Å²) in [5, 5.41) is 0. The zero-order valence-corrected chi connectivity index (χ0v) is 9.63. The molecular formula is C10H19NO2S. The number of likely N-dealkylation sites (tertiary alicyclic amines) is 1. The van der Waals surface area contributed by atoms with E-state index in [9.17, 15) is 4.79 Å². The highest BCUT2D eigenvalue weighted by molar-refractivity contribution is 7.80. The summed E-state index contributed by atoms with van der Waals surface area (Å²) >= 11 is 4.04. The summed E-state index contributed by atoms with van der Waals surface area (Å²) in [7, 11) is 0. The Morgan fingerprint density at radius 1 is 1.57 bits per heavy atom. The third kappa shape index (κ3) is 3.50. The monoisotopic (exact) mass is 217 g/mol. The molecular weight excluding hydrogens is 198 g/mol. The first-order chi connectivity index (χ1) is 6.77. The van der Waals surface area contributed by atoms with Crippen LogP contribution in [0.3, 0.4) is 0 Å². The Labute approximate surface area is 91.2 Å². The maximum Gasteiger partial charge on any atom is 0.223 e. The van der Waals surface area contributed by atoms with E-state index < -0.39 is 0 Å². The molecule has 0 N–H and O–H groups in total. The van der Waals surface area contributed by atoms with Crippen molar-refractivity contribution in [3.8, 4) is 0 Å². The molecule has 0 aliphatic carbocycles. The molecule has 1 fully saturated rings. The second-order valence-corrected chi connectivity index (χ2v) is 4.10. The Hall–Kier alpha value is -0.220. The Balaban J connectivity index is 2.15. The Morgan fingerprint density at radius 2 is 2.36 bits per heavy atom. The first-order valence-corrected chi connectivity index (χ1v) is 5.87. The van der Waals surface area contributed by atoms with Gasteiger partial charge in [-0.05, 0) is 5.92 Å². The van der Waals surface area contributed by atoms with Crippen molar-refractivity contribution in [3.63, 3.8) is 0 Å². The SMILES string of the molecule is CCC1CC(=O)N(CCOCCS)C1. The smallest absolute Gasteiger partial charge is 0.223 e. The van der Waals surface area contributed by atoms with Gasteiger partial charge in [-0.2, -0.15) is 12.6 Å². The Morgan fingerprint density at radius 3 is 2.93 bits per heavy atom. The zero-order valence-electron chi connectivity index (χ0n) is 8.74. The highest BCUT2D eigenvalue weighted by atomic mass is 32.1. The van der Waals surface area contributed by atoms with Gasteiger partial charge in [0.25, 0.3) is 0 Å². The highest BCUT2D eigenvalue weighted by Crippen LogP contribution is 2.19. The van der Waals surface area contributed by atoms with E-state index in [4.69, 9.17) is 4.74 Å². The minimum atomic E-state index is 0.284. The molecule has 0 aromatic heterocycles. The lowest BCUT2D eigenvalue weighted by Gasteiger charge is -2.15. The molecule has 0 bridgehead atoms. The summed E-state index contributed by atoms with van der Waals surface area (Å²) in [6, 6.07) is 0. The van der Waals surface area contributed by atoms with E-state index in [1.807, 2.05) is 4.90 Å². The number of amides is 1. The van der Waals surface area contributed by atoms with Crippen molar-refractivity contribution in [3.05, 3.63) is 0 Å². The predicted octanol–water partition coefficient (Wildman–Crippen LogP) is 1.19. The van der Waals surface area contributed by atoms with Crippen LogP contribution in [0, 0.1) is 5.92 Å². The molecule has 0 radical (unpaired) electrons. The van der Waals surface area contributed by atoms with Crippen molar-refractivity contribution < 1.29 is 9.53 Å². The highest BCUT2D eigenvalue weighted by Gasteiger charge is 2.27. The van der Waals surface area contributed by atoms with Crippen LogP contribution in [0.15, 0.2) is 0 Å². The first-order valence-electron chi connectivity index (χ1n) is 5.24. The van der Waals surface area contributed by atoms with E-state index in [-0.39, 0.29) is 5.91 Å². The van der Waals surface area contributed by atoms with E-state index in [2.05, 4.69) is 19.6 Å². The summed E-state index contributed by atoms with van der Waals surface area (Å²) in [6.07, 6.45) is 1.82. The van der Waals surface area contributed by atoms with Crippen molar-refractivity contribution in [2.45, 2.75) is 19.8 Å². The average molecular weight is 217 g/mol. The second kappa shape index (κ2) is 6.30. The lowest BCUT2D eigenvalue weighted by atomic mass is 10.1. The lowest BCUT2D eigenvalue weighted by molar-refractivity contribution is -0.128. The molecule has 1 amide bonds. The predicted molar refractivity (Wildman–Crippen MR) is 59.7 cm³/mol. The quantitative estimate of drug-likeness (QED) is 0.535. The molecule has 1 atom stereocenters. The third-order valence-corrected chi connectivity index (χ3v) is 2.80. The van der Waals surface area contributed by atoms with Crippen LogP contribution in [0.4, 0.5) is 0 Å². The number of rotatable bonds is 6. The van der Waals surface area contributed by atoms with Crippen LogP contribution >= 0.6 is 12.6 Å². The summed E-state index contributed by atoms with van der Waals surface area (Å²) in [4.78, 5) is 13.4. The van der Waals surface area contributed by atoms with Crippen LogP contribution in [-0.4, -0.2) is 42.9 Å². The molecule has 1 aliphatic heterocycles. The zero-order chi connectivity index (χ0) is 10.4. The van der Waals surface area contributed by atoms with E-state index in [1.54, 1.807) is 0 Å². The molecule has 4 heteroatoms. The van der Waals surface area contributed by atoms with E-state index in [1.165, 1.54) is 0 Å². The van der Waals surface area contributed by atoms with Crippen LogP contribution in [0.1, 0.15) is 19.8 Å². The molecule has 0 saturated carbocycles. The van der Waals surface area contributed by atoms with Gasteiger partial charge in [0.1, 0.15) is 0 Å². The molecule has 1 saturated heterocycles. The normalized spacial score (nSPS) is 22.0. The number of ether oxygens (including phenoxy) is 1. The van der Waals surface area contributed by atoms with E-state index in [0.29, 0.717) is 19.1 Å². The third-order valence-electron chi connectivity index (χ3n) is 2.61. The maximum atomic E-state index is 11.5. The van der Waals surface area contributed by atoms with Crippen molar-refractivity contribution in [1.82, 2.24) is 4.90 Å². The van der Waals surface area contributed by atoms with Crippen LogP contribution in [-0.2, 0) is 9.53 Å². The van der Waals surface area contributed by atoms with Gasteiger partial charge in [-0.1, -0.05) is 13.3 Å². The van der Waals surface area contributed by atoms with Gasteiger partial charge in [-0.15, -0.1) is 0 Å². The minimum Gasteiger partial charge on any atom is -0.379 e. The van der Waals surface area contributed by atoms with Gasteiger partial charge in [0.2, 0.25) is 5.91 Å². The van der Waals surface area contributed by atoms with Crippen LogP contribution in [0.2, 0.25) is 0 Å². The molecule has 1 heterocycles. The number of hydrogen-bond acceptors (Lipinski definition) is 3. The fourth-order valence-corrected chi connectivity index (χ4v) is 1.81. The van der Waals surface area contributed by atoms with Crippen molar-refractivity contribution >= 4 is 18.5 Å². The molecule has 0 spiro atoms. The van der Waals surface area contributed by atoms with Gasteiger partial charge in [0, 0.05) is 25.3 Å². The Kier molecular flexibility index (Phi) is 5.33. The minimum absolute atomic E-state index is 0.284. The van der Waals surface area contributed by atoms with Crippen molar-refractivity contribution in [1.29, 1.82) is 0 Å². The van der Waals surface area contributed by atoms with Crippen LogP contribution in [0.25, 0.3) is 0 Å². The number of hydrogen-bond donors (Lipinski definition) is 1. The number of carbonyl (C=O) groups excluding carboxylic acids is 1. The fraction of sp³-hybridized carbons (Fsp3) is 0.900. The van der Waals surface area contributed by atoms with Gasteiger partial charge in [-0.25, -0.2) is 0 Å². The van der Waals surface area contributed by atoms with Gasteiger partial charge in [0.05, 0.1) is 13.2 Å². The molecule has 0 aromatic rings. The topological polar surface area (TPSA) is 29.5 Å². The number of carbonyl (C=O) groups is 1. The molecule has 1 aliphatic rings. The van der Waals surface area contributed by atoms with Crippen molar-refractivity contribution in [2.75, 3.05) is 32.1 Å². The number of nitrogens with zero attached hydrogens (tertiary/aromatic N) is 1. The van der Waals surface area contributed by atoms with Gasteiger partial charge in [-0.3, -0.25) is 4.79 Å². The molecule has 1 unspecified atom stereocenters. The van der Waals surface area contributed by atoms with E-state index in [0.717, 1.165) is 31.7 Å². The summed E-state index contributed by atoms with van der Waals surface area (Å²) in [5.41, 5.74) is 0. The molecule has 82 valence electrons. The molecule has 1 rings (SSSR count). The summed E-state index contributed by atoms with van der Waals surface area (Å²) < 4.78 is 5.29. The lowest BCUT2D eigenvalue weighted by Crippen LogP contribution is -2.29. The van der Waals surface area contributed by atoms with Crippen molar-refractivity contribution in [2.24, 2.45) is 5.92 Å². The van der Waals surface area contributed by atoms with Gasteiger partial charge < -0.3 is 9.64 Å². The number of thiol groups is 1. The van der Waals surface area contributed by atoms with Gasteiger partial charge in [0.15, 0.2) is 0 Å². The van der Waals surface area contributed by atoms with Gasteiger partial charge >= 0.3 is 0 Å². The average Bonchev–Trinajstić information content (AvgIpc) is 2.54. The Bertz CT molecular complexity index is 187. The maximum absolute atomic E-state index is 11.5. The molecule has 0 aromatic carbocycles. The molecule has 14 heavy (non-hydrogen) atoms.